The van der Waals surface area contributed by atoms with E-state index in [1.165, 1.54) is 0 Å². The third kappa shape index (κ3) is 2.69. The van der Waals surface area contributed by atoms with E-state index in [2.05, 4.69) is 20.3 Å². The van der Waals surface area contributed by atoms with Gasteiger partial charge in [-0.05, 0) is 26.0 Å². The van der Waals surface area contributed by atoms with Crippen LogP contribution >= 0.6 is 11.8 Å². The van der Waals surface area contributed by atoms with Gasteiger partial charge in [-0.15, -0.1) is 10.2 Å². The zero-order valence-electron chi connectivity index (χ0n) is 12.1. The molecule has 108 valence electrons. The molecule has 0 amide bonds. The second kappa shape index (κ2) is 5.69. The summed E-state index contributed by atoms with van der Waals surface area (Å²) in [5, 5.41) is 13.3. The molecular weight excluding hydrogens is 286 g/mol. The Kier molecular flexibility index (Phi) is 3.74. The summed E-state index contributed by atoms with van der Waals surface area (Å²) >= 11 is 1.61. The molecule has 0 aromatic carbocycles. The molecule has 0 spiro atoms. The van der Waals surface area contributed by atoms with Crippen molar-refractivity contribution >= 4 is 11.8 Å². The molecule has 0 atom stereocenters. The zero-order valence-corrected chi connectivity index (χ0v) is 12.9. The van der Waals surface area contributed by atoms with Crippen LogP contribution in [-0.4, -0.2) is 24.9 Å². The highest BCUT2D eigenvalue weighted by molar-refractivity contribution is 7.98. The number of hydrogen-bond acceptors (Lipinski definition) is 6. The SMILES string of the molecule is Cc1noc(C)c1CSc1nnc(-c2ccccn2)n1C. The van der Waals surface area contributed by atoms with Gasteiger partial charge in [0.05, 0.1) is 5.69 Å². The van der Waals surface area contributed by atoms with Crippen LogP contribution in [0.3, 0.4) is 0 Å². The molecular formula is C14H15N5OS. The fraction of sp³-hybridized carbons (Fsp3) is 0.286. The Morgan fingerprint density at radius 1 is 1.24 bits per heavy atom. The van der Waals surface area contributed by atoms with Crippen LogP contribution in [0.1, 0.15) is 17.0 Å². The predicted octanol–water partition coefficient (Wildman–Crippen LogP) is 2.77. The zero-order chi connectivity index (χ0) is 14.8. The molecule has 0 unspecified atom stereocenters. The largest absolute Gasteiger partial charge is 0.361 e. The molecule has 3 aromatic rings. The van der Waals surface area contributed by atoms with E-state index in [4.69, 9.17) is 4.52 Å². The molecule has 0 aliphatic carbocycles. The van der Waals surface area contributed by atoms with Gasteiger partial charge in [0.1, 0.15) is 11.5 Å². The van der Waals surface area contributed by atoms with Crippen molar-refractivity contribution in [1.82, 2.24) is 24.9 Å². The second-order valence-corrected chi connectivity index (χ2v) is 5.61. The topological polar surface area (TPSA) is 69.6 Å². The van der Waals surface area contributed by atoms with Gasteiger partial charge in [0.15, 0.2) is 11.0 Å². The lowest BCUT2D eigenvalue weighted by atomic mass is 10.2. The van der Waals surface area contributed by atoms with Gasteiger partial charge in [0.25, 0.3) is 0 Å². The van der Waals surface area contributed by atoms with E-state index < -0.39 is 0 Å². The standard InChI is InChI=1S/C14H15N5OS/c1-9-11(10(2)20-18-9)8-21-14-17-16-13(19(14)3)12-6-4-5-7-15-12/h4-7H,8H2,1-3H3. The highest BCUT2D eigenvalue weighted by Crippen LogP contribution is 2.26. The van der Waals surface area contributed by atoms with Gasteiger partial charge in [-0.3, -0.25) is 4.98 Å². The van der Waals surface area contributed by atoms with Crippen molar-refractivity contribution < 1.29 is 4.52 Å². The maximum absolute atomic E-state index is 5.17. The Balaban J connectivity index is 1.80. The van der Waals surface area contributed by atoms with Crippen molar-refractivity contribution in [2.45, 2.75) is 24.8 Å². The lowest BCUT2D eigenvalue weighted by Gasteiger charge is -2.03. The van der Waals surface area contributed by atoms with E-state index >= 15 is 0 Å². The Hall–Kier alpha value is -2.15. The van der Waals surface area contributed by atoms with Gasteiger partial charge >= 0.3 is 0 Å². The van der Waals surface area contributed by atoms with E-state index in [-0.39, 0.29) is 0 Å². The number of nitrogens with zero attached hydrogens (tertiary/aromatic N) is 5. The molecule has 6 nitrogen and oxygen atoms in total. The molecule has 0 aliphatic rings. The molecule has 0 radical (unpaired) electrons. The summed E-state index contributed by atoms with van der Waals surface area (Å²) in [6.07, 6.45) is 1.75. The lowest BCUT2D eigenvalue weighted by molar-refractivity contribution is 0.392. The minimum Gasteiger partial charge on any atom is -0.361 e. The van der Waals surface area contributed by atoms with Crippen molar-refractivity contribution in [3.63, 3.8) is 0 Å². The molecule has 3 heterocycles. The maximum atomic E-state index is 5.17. The molecule has 0 N–H and O–H groups in total. The third-order valence-corrected chi connectivity index (χ3v) is 4.30. The molecule has 0 fully saturated rings. The predicted molar refractivity (Wildman–Crippen MR) is 79.8 cm³/mol. The van der Waals surface area contributed by atoms with Crippen LogP contribution in [0.15, 0.2) is 34.1 Å². The Morgan fingerprint density at radius 2 is 2.10 bits per heavy atom. The van der Waals surface area contributed by atoms with Crippen LogP contribution < -0.4 is 0 Å². The summed E-state index contributed by atoms with van der Waals surface area (Å²) in [4.78, 5) is 4.30. The molecule has 0 aliphatic heterocycles. The van der Waals surface area contributed by atoms with Crippen LogP contribution in [0.2, 0.25) is 0 Å². The fourth-order valence-corrected chi connectivity index (χ4v) is 3.07. The smallest absolute Gasteiger partial charge is 0.191 e. The van der Waals surface area contributed by atoms with Gasteiger partial charge < -0.3 is 9.09 Å². The molecule has 0 bridgehead atoms. The molecule has 3 aromatic heterocycles. The number of thioether (sulfide) groups is 1. The fourth-order valence-electron chi connectivity index (χ4n) is 2.00. The normalized spacial score (nSPS) is 11.0. The molecule has 3 rings (SSSR count). The number of rotatable bonds is 4. The first kappa shape index (κ1) is 13.8. The average Bonchev–Trinajstić information content (AvgIpc) is 3.02. The summed E-state index contributed by atoms with van der Waals surface area (Å²) in [5.41, 5.74) is 2.85. The molecule has 7 heteroatoms. The van der Waals surface area contributed by atoms with Gasteiger partial charge in [0.2, 0.25) is 0 Å². The average molecular weight is 301 g/mol. The minimum absolute atomic E-state index is 0.759. The second-order valence-electron chi connectivity index (χ2n) is 4.67. The number of pyridine rings is 1. The minimum atomic E-state index is 0.759. The summed E-state index contributed by atoms with van der Waals surface area (Å²) < 4.78 is 7.12. The lowest BCUT2D eigenvalue weighted by Crippen LogP contribution is -1.96. The number of hydrogen-bond donors (Lipinski definition) is 0. The monoisotopic (exact) mass is 301 g/mol. The third-order valence-electron chi connectivity index (χ3n) is 3.26. The molecule has 21 heavy (non-hydrogen) atoms. The van der Waals surface area contributed by atoms with Crippen molar-refractivity contribution in [3.8, 4) is 11.5 Å². The highest BCUT2D eigenvalue weighted by atomic mass is 32.2. The van der Waals surface area contributed by atoms with E-state index in [0.717, 1.165) is 39.4 Å². The summed E-state index contributed by atoms with van der Waals surface area (Å²) in [6.45, 7) is 3.87. The van der Waals surface area contributed by atoms with E-state index in [0.29, 0.717) is 0 Å². The van der Waals surface area contributed by atoms with Crippen LogP contribution in [0.4, 0.5) is 0 Å². The van der Waals surface area contributed by atoms with E-state index in [1.54, 1.807) is 18.0 Å². The summed E-state index contributed by atoms with van der Waals surface area (Å²) in [5.74, 6) is 2.37. The molecule has 0 saturated heterocycles. The van der Waals surface area contributed by atoms with Crippen LogP contribution in [0, 0.1) is 13.8 Å². The first-order valence-corrected chi connectivity index (χ1v) is 7.50. The van der Waals surface area contributed by atoms with E-state index in [1.807, 2.05) is 43.7 Å². The number of aromatic nitrogens is 5. The Morgan fingerprint density at radius 3 is 2.76 bits per heavy atom. The van der Waals surface area contributed by atoms with Crippen LogP contribution in [0.25, 0.3) is 11.5 Å². The first-order chi connectivity index (χ1) is 10.2. The summed E-state index contributed by atoms with van der Waals surface area (Å²) in [6, 6.07) is 5.74. The van der Waals surface area contributed by atoms with Gasteiger partial charge in [-0.2, -0.15) is 0 Å². The van der Waals surface area contributed by atoms with E-state index in [9.17, 15) is 0 Å². The summed E-state index contributed by atoms with van der Waals surface area (Å²) in [7, 11) is 1.94. The quantitative estimate of drug-likeness (QED) is 0.690. The first-order valence-electron chi connectivity index (χ1n) is 6.52. The van der Waals surface area contributed by atoms with Crippen molar-refractivity contribution in [3.05, 3.63) is 41.4 Å². The number of aryl methyl sites for hydroxylation is 2. The van der Waals surface area contributed by atoms with Crippen molar-refractivity contribution in [2.75, 3.05) is 0 Å². The highest BCUT2D eigenvalue weighted by Gasteiger charge is 2.14. The molecule has 0 saturated carbocycles. The maximum Gasteiger partial charge on any atom is 0.191 e. The van der Waals surface area contributed by atoms with Crippen molar-refractivity contribution in [2.24, 2.45) is 7.05 Å². The van der Waals surface area contributed by atoms with Crippen molar-refractivity contribution in [1.29, 1.82) is 0 Å². The Labute approximate surface area is 126 Å². The van der Waals surface area contributed by atoms with Gasteiger partial charge in [-0.25, -0.2) is 0 Å². The van der Waals surface area contributed by atoms with Gasteiger partial charge in [-0.1, -0.05) is 23.0 Å². The van der Waals surface area contributed by atoms with Crippen LogP contribution in [-0.2, 0) is 12.8 Å². The van der Waals surface area contributed by atoms with Crippen LogP contribution in [0.5, 0.6) is 0 Å². The van der Waals surface area contributed by atoms with Gasteiger partial charge in [0, 0.05) is 24.6 Å². The Bertz CT molecular complexity index is 731.